The molecular formula is C21H37NO3. The van der Waals surface area contributed by atoms with Crippen LogP contribution in [0.2, 0.25) is 0 Å². The third kappa shape index (κ3) is 11.8. The zero-order chi connectivity index (χ0) is 18.2. The molecule has 0 saturated carbocycles. The Kier molecular flexibility index (Phi) is 13.0. The molecule has 1 amide bonds. The predicted molar refractivity (Wildman–Crippen MR) is 102 cm³/mol. The van der Waals surface area contributed by atoms with Crippen molar-refractivity contribution in [1.82, 2.24) is 5.32 Å². The summed E-state index contributed by atoms with van der Waals surface area (Å²) in [5.41, 5.74) is 0. The van der Waals surface area contributed by atoms with Crippen LogP contribution in [-0.2, 0) is 14.3 Å². The van der Waals surface area contributed by atoms with E-state index in [4.69, 9.17) is 4.74 Å². The molecule has 0 aromatic heterocycles. The van der Waals surface area contributed by atoms with Gasteiger partial charge in [0.25, 0.3) is 0 Å². The first kappa shape index (κ1) is 21.7. The van der Waals surface area contributed by atoms with Crippen molar-refractivity contribution in [3.63, 3.8) is 0 Å². The summed E-state index contributed by atoms with van der Waals surface area (Å²) in [6, 6.07) is -0.415. The molecule has 1 saturated heterocycles. The summed E-state index contributed by atoms with van der Waals surface area (Å²) >= 11 is 0. The highest BCUT2D eigenvalue weighted by atomic mass is 16.5. The Labute approximate surface area is 153 Å². The second-order valence-corrected chi connectivity index (χ2v) is 7.06. The van der Waals surface area contributed by atoms with Crippen molar-refractivity contribution in [3.8, 4) is 0 Å². The molecule has 0 aromatic carbocycles. The average molecular weight is 352 g/mol. The number of rotatable bonds is 15. The highest BCUT2D eigenvalue weighted by molar-refractivity contribution is 5.87. The number of nitrogens with one attached hydrogen (secondary N) is 1. The normalized spacial score (nSPS) is 17.2. The number of unbranched alkanes of at least 4 members (excludes halogenated alkanes) is 10. The Bertz CT molecular complexity index is 393. The van der Waals surface area contributed by atoms with Gasteiger partial charge in [-0.05, 0) is 44.9 Å². The number of hydrogen-bond donors (Lipinski definition) is 1. The van der Waals surface area contributed by atoms with Crippen LogP contribution in [0.1, 0.15) is 96.8 Å². The van der Waals surface area contributed by atoms with E-state index < -0.39 is 6.04 Å². The number of hydrogen-bond acceptors (Lipinski definition) is 3. The highest BCUT2D eigenvalue weighted by Crippen LogP contribution is 2.10. The number of esters is 1. The van der Waals surface area contributed by atoms with Gasteiger partial charge in [0.05, 0.1) is 6.61 Å². The van der Waals surface area contributed by atoms with Gasteiger partial charge in [0, 0.05) is 6.42 Å². The maximum absolute atomic E-state index is 11.7. The molecule has 1 fully saturated rings. The third-order valence-electron chi connectivity index (χ3n) is 4.68. The van der Waals surface area contributed by atoms with Crippen LogP contribution in [0.15, 0.2) is 12.2 Å². The number of allylic oxidation sites excluding steroid dienone is 2. The fourth-order valence-electron chi connectivity index (χ4n) is 3.06. The van der Waals surface area contributed by atoms with E-state index in [0.717, 1.165) is 25.7 Å². The van der Waals surface area contributed by atoms with Crippen LogP contribution in [0.3, 0.4) is 0 Å². The van der Waals surface area contributed by atoms with Gasteiger partial charge < -0.3 is 10.1 Å². The van der Waals surface area contributed by atoms with Crippen LogP contribution in [-0.4, -0.2) is 24.5 Å². The fraction of sp³-hybridized carbons (Fsp3) is 0.810. The minimum Gasteiger partial charge on any atom is -0.464 e. The highest BCUT2D eigenvalue weighted by Gasteiger charge is 2.28. The van der Waals surface area contributed by atoms with Crippen molar-refractivity contribution in [2.75, 3.05) is 6.61 Å². The van der Waals surface area contributed by atoms with Crippen LogP contribution < -0.4 is 5.32 Å². The molecule has 144 valence electrons. The molecule has 1 heterocycles. The van der Waals surface area contributed by atoms with Crippen molar-refractivity contribution in [1.29, 1.82) is 0 Å². The first-order valence-corrected chi connectivity index (χ1v) is 10.3. The molecule has 0 aliphatic carbocycles. The molecule has 0 bridgehead atoms. The largest absolute Gasteiger partial charge is 0.464 e. The van der Waals surface area contributed by atoms with Gasteiger partial charge in [0.15, 0.2) is 0 Å². The van der Waals surface area contributed by atoms with E-state index in [9.17, 15) is 9.59 Å². The Morgan fingerprint density at radius 1 is 1.00 bits per heavy atom. The third-order valence-corrected chi connectivity index (χ3v) is 4.68. The summed E-state index contributed by atoms with van der Waals surface area (Å²) in [4.78, 5) is 22.7. The number of ether oxygens (including phenoxy) is 1. The summed E-state index contributed by atoms with van der Waals surface area (Å²) in [6.07, 6.45) is 20.6. The van der Waals surface area contributed by atoms with Crippen LogP contribution in [0, 0.1) is 0 Å². The fourth-order valence-corrected chi connectivity index (χ4v) is 3.06. The molecule has 0 unspecified atom stereocenters. The molecule has 0 aromatic rings. The Morgan fingerprint density at radius 2 is 1.60 bits per heavy atom. The summed E-state index contributed by atoms with van der Waals surface area (Å²) in [7, 11) is 0. The summed E-state index contributed by atoms with van der Waals surface area (Å²) in [6.45, 7) is 2.72. The lowest BCUT2D eigenvalue weighted by atomic mass is 10.1. The number of carbonyl (C=O) groups excluding carboxylic acids is 2. The standard InChI is InChI=1S/C21H37NO3/c1-2-3-4-5-6-7-8-9-10-11-12-13-14-15-18-25-21(24)19-16-17-20(23)22-19/h10-11,19H,2-9,12-18H2,1H3,(H,22,23)/b11-10+/t19-/m0/s1. The van der Waals surface area contributed by atoms with E-state index in [0.29, 0.717) is 19.4 Å². The number of carbonyl (C=O) groups is 2. The average Bonchev–Trinajstić information content (AvgIpc) is 3.04. The van der Waals surface area contributed by atoms with Crippen LogP contribution in [0.25, 0.3) is 0 Å². The lowest BCUT2D eigenvalue weighted by Crippen LogP contribution is -2.34. The van der Waals surface area contributed by atoms with Gasteiger partial charge in [-0.25, -0.2) is 4.79 Å². The minimum absolute atomic E-state index is 0.0507. The molecule has 1 aliphatic heterocycles. The van der Waals surface area contributed by atoms with Crippen molar-refractivity contribution in [2.24, 2.45) is 0 Å². The Hall–Kier alpha value is -1.32. The zero-order valence-corrected chi connectivity index (χ0v) is 16.1. The second kappa shape index (κ2) is 15.0. The summed E-state index contributed by atoms with van der Waals surface area (Å²) in [5.74, 6) is -0.328. The molecule has 0 spiro atoms. The van der Waals surface area contributed by atoms with E-state index in [1.807, 2.05) is 0 Å². The van der Waals surface area contributed by atoms with Gasteiger partial charge in [-0.3, -0.25) is 4.79 Å². The molecule has 25 heavy (non-hydrogen) atoms. The molecule has 4 nitrogen and oxygen atoms in total. The summed E-state index contributed by atoms with van der Waals surface area (Å²) < 4.78 is 5.21. The quantitative estimate of drug-likeness (QED) is 0.255. The van der Waals surface area contributed by atoms with Crippen molar-refractivity contribution in [3.05, 3.63) is 12.2 Å². The Morgan fingerprint density at radius 3 is 2.20 bits per heavy atom. The monoisotopic (exact) mass is 351 g/mol. The van der Waals surface area contributed by atoms with Gasteiger partial charge in [0.2, 0.25) is 5.91 Å². The molecule has 4 heteroatoms. The number of amides is 1. The van der Waals surface area contributed by atoms with Gasteiger partial charge >= 0.3 is 5.97 Å². The van der Waals surface area contributed by atoms with E-state index in [2.05, 4.69) is 24.4 Å². The van der Waals surface area contributed by atoms with Gasteiger partial charge in [-0.1, -0.05) is 57.6 Å². The van der Waals surface area contributed by atoms with Crippen molar-refractivity contribution < 1.29 is 14.3 Å². The van der Waals surface area contributed by atoms with Crippen LogP contribution in [0.4, 0.5) is 0 Å². The maximum atomic E-state index is 11.7. The van der Waals surface area contributed by atoms with E-state index in [-0.39, 0.29) is 11.9 Å². The van der Waals surface area contributed by atoms with Crippen molar-refractivity contribution in [2.45, 2.75) is 103 Å². The van der Waals surface area contributed by atoms with Crippen LogP contribution in [0.5, 0.6) is 0 Å². The first-order valence-electron chi connectivity index (χ1n) is 10.3. The van der Waals surface area contributed by atoms with Gasteiger partial charge in [-0.15, -0.1) is 0 Å². The summed E-state index contributed by atoms with van der Waals surface area (Å²) in [5, 5.41) is 2.63. The van der Waals surface area contributed by atoms with E-state index >= 15 is 0 Å². The lowest BCUT2D eigenvalue weighted by Gasteiger charge is -2.09. The molecule has 0 radical (unpaired) electrons. The lowest BCUT2D eigenvalue weighted by molar-refractivity contribution is -0.146. The first-order chi connectivity index (χ1) is 12.2. The van der Waals surface area contributed by atoms with Gasteiger partial charge in [0.1, 0.15) is 6.04 Å². The molecular weight excluding hydrogens is 314 g/mol. The maximum Gasteiger partial charge on any atom is 0.328 e. The SMILES string of the molecule is CCCCCCCCC/C=C/CCCCCOC(=O)[C@@H]1CCC(=O)N1. The topological polar surface area (TPSA) is 55.4 Å². The molecule has 1 rings (SSSR count). The van der Waals surface area contributed by atoms with Gasteiger partial charge in [-0.2, -0.15) is 0 Å². The predicted octanol–water partition coefficient (Wildman–Crippen LogP) is 5.07. The van der Waals surface area contributed by atoms with E-state index in [1.165, 1.54) is 51.4 Å². The molecule has 1 N–H and O–H groups in total. The second-order valence-electron chi connectivity index (χ2n) is 7.06. The molecule has 1 atom stereocenters. The minimum atomic E-state index is -0.415. The molecule has 1 aliphatic rings. The van der Waals surface area contributed by atoms with Crippen molar-refractivity contribution >= 4 is 11.9 Å². The zero-order valence-electron chi connectivity index (χ0n) is 16.1. The smallest absolute Gasteiger partial charge is 0.328 e. The van der Waals surface area contributed by atoms with Crippen LogP contribution >= 0.6 is 0 Å². The van der Waals surface area contributed by atoms with E-state index in [1.54, 1.807) is 0 Å². The Balaban J connectivity index is 1.80.